The van der Waals surface area contributed by atoms with E-state index in [9.17, 15) is 4.79 Å². The van der Waals surface area contributed by atoms with Gasteiger partial charge in [0.15, 0.2) is 16.7 Å². The van der Waals surface area contributed by atoms with Gasteiger partial charge in [-0.3, -0.25) is 0 Å². The zero-order valence-corrected chi connectivity index (χ0v) is 16.9. The summed E-state index contributed by atoms with van der Waals surface area (Å²) in [7, 11) is 1.76. The van der Waals surface area contributed by atoms with E-state index >= 15 is 0 Å². The minimum Gasteiger partial charge on any atom is -0.454 e. The molecule has 0 bridgehead atoms. The average Bonchev–Trinajstić information content (AvgIpc) is 3.18. The summed E-state index contributed by atoms with van der Waals surface area (Å²) in [6.45, 7) is 2.66. The van der Waals surface area contributed by atoms with Crippen LogP contribution >= 0.6 is 11.8 Å². The van der Waals surface area contributed by atoms with Gasteiger partial charge < -0.3 is 19.7 Å². The smallest absolute Gasteiger partial charge is 0.321 e. The van der Waals surface area contributed by atoms with Crippen LogP contribution in [0.25, 0.3) is 0 Å². The standard InChI is InChI=1S/C21H20N4O3S/c1-14-10-16(29-20-22-8-3-9-23-20)5-6-17(14)24-21(26)25(2)12-15-4-7-18-19(11-15)28-13-27-18/h3-11H,12-13H2,1-2H3,(H,24,26). The number of nitrogens with one attached hydrogen (secondary N) is 1. The number of aryl methyl sites for hydroxylation is 1. The Morgan fingerprint density at radius 1 is 1.14 bits per heavy atom. The predicted molar refractivity (Wildman–Crippen MR) is 110 cm³/mol. The lowest BCUT2D eigenvalue weighted by Gasteiger charge is -2.19. The number of ether oxygens (including phenoxy) is 2. The van der Waals surface area contributed by atoms with E-state index in [0.29, 0.717) is 17.5 Å². The number of carbonyl (C=O) groups is 1. The van der Waals surface area contributed by atoms with Crippen molar-refractivity contribution < 1.29 is 14.3 Å². The fourth-order valence-electron chi connectivity index (χ4n) is 2.88. The van der Waals surface area contributed by atoms with E-state index in [1.165, 1.54) is 11.8 Å². The third-order valence-electron chi connectivity index (χ3n) is 4.39. The summed E-state index contributed by atoms with van der Waals surface area (Å²) >= 11 is 1.48. The molecule has 29 heavy (non-hydrogen) atoms. The Labute approximate surface area is 173 Å². The molecule has 1 aliphatic heterocycles. The quantitative estimate of drug-likeness (QED) is 0.634. The van der Waals surface area contributed by atoms with Crippen molar-refractivity contribution in [2.24, 2.45) is 0 Å². The van der Waals surface area contributed by atoms with Crippen LogP contribution < -0.4 is 14.8 Å². The Hall–Kier alpha value is -3.26. The largest absolute Gasteiger partial charge is 0.454 e. The zero-order valence-electron chi connectivity index (χ0n) is 16.1. The Kier molecular flexibility index (Phi) is 5.53. The van der Waals surface area contributed by atoms with Gasteiger partial charge in [-0.25, -0.2) is 14.8 Å². The fourth-order valence-corrected chi connectivity index (χ4v) is 3.69. The van der Waals surface area contributed by atoms with Crippen LogP contribution in [-0.2, 0) is 6.54 Å². The minimum absolute atomic E-state index is 0.183. The van der Waals surface area contributed by atoms with Crippen LogP contribution in [0.1, 0.15) is 11.1 Å². The molecule has 8 heteroatoms. The molecule has 0 saturated carbocycles. The normalized spacial score (nSPS) is 11.9. The number of urea groups is 1. The highest BCUT2D eigenvalue weighted by Gasteiger charge is 2.16. The second-order valence-corrected chi connectivity index (χ2v) is 7.62. The van der Waals surface area contributed by atoms with Crippen molar-refractivity contribution in [1.82, 2.24) is 14.9 Å². The first-order valence-corrected chi connectivity index (χ1v) is 9.86. The number of aromatic nitrogens is 2. The highest BCUT2D eigenvalue weighted by Crippen LogP contribution is 2.33. The van der Waals surface area contributed by atoms with Crippen LogP contribution in [0.4, 0.5) is 10.5 Å². The molecule has 7 nitrogen and oxygen atoms in total. The van der Waals surface area contributed by atoms with Crippen molar-refractivity contribution in [3.63, 3.8) is 0 Å². The molecule has 0 atom stereocenters. The fraction of sp³-hybridized carbons (Fsp3) is 0.190. The zero-order chi connectivity index (χ0) is 20.2. The van der Waals surface area contributed by atoms with Crippen LogP contribution in [0.5, 0.6) is 11.5 Å². The van der Waals surface area contributed by atoms with Crippen molar-refractivity contribution >= 4 is 23.5 Å². The summed E-state index contributed by atoms with van der Waals surface area (Å²) in [5.74, 6) is 1.44. The predicted octanol–water partition coefficient (Wildman–Crippen LogP) is 4.33. The van der Waals surface area contributed by atoms with E-state index in [1.54, 1.807) is 30.4 Å². The van der Waals surface area contributed by atoms with Gasteiger partial charge in [-0.2, -0.15) is 0 Å². The molecule has 148 valence electrons. The van der Waals surface area contributed by atoms with Crippen LogP contribution in [0.15, 0.2) is 64.9 Å². The van der Waals surface area contributed by atoms with Crippen molar-refractivity contribution in [3.05, 3.63) is 66.0 Å². The lowest BCUT2D eigenvalue weighted by Crippen LogP contribution is -2.31. The summed E-state index contributed by atoms with van der Waals surface area (Å²) in [6, 6.07) is 13.1. The maximum Gasteiger partial charge on any atom is 0.321 e. The molecule has 0 unspecified atom stereocenters. The van der Waals surface area contributed by atoms with Crippen molar-refractivity contribution in [1.29, 1.82) is 0 Å². The molecule has 2 aromatic carbocycles. The number of benzene rings is 2. The van der Waals surface area contributed by atoms with Crippen LogP contribution in [0, 0.1) is 6.92 Å². The lowest BCUT2D eigenvalue weighted by atomic mass is 10.2. The SMILES string of the molecule is Cc1cc(Sc2ncccn2)ccc1NC(=O)N(C)Cc1ccc2c(c1)OCO2. The second-order valence-electron chi connectivity index (χ2n) is 6.58. The van der Waals surface area contributed by atoms with Gasteiger partial charge in [0.2, 0.25) is 6.79 Å². The number of anilines is 1. The molecule has 0 radical (unpaired) electrons. The summed E-state index contributed by atoms with van der Waals surface area (Å²) in [6.07, 6.45) is 3.43. The molecular formula is C21H20N4O3S. The Morgan fingerprint density at radius 3 is 2.72 bits per heavy atom. The number of hydrogen-bond donors (Lipinski definition) is 1. The molecular weight excluding hydrogens is 388 g/mol. The van der Waals surface area contributed by atoms with E-state index in [4.69, 9.17) is 9.47 Å². The van der Waals surface area contributed by atoms with Gasteiger partial charge >= 0.3 is 6.03 Å². The maximum absolute atomic E-state index is 12.6. The van der Waals surface area contributed by atoms with Crippen LogP contribution in [0.2, 0.25) is 0 Å². The monoisotopic (exact) mass is 408 g/mol. The van der Waals surface area contributed by atoms with Gasteiger partial charge in [0, 0.05) is 36.6 Å². The van der Waals surface area contributed by atoms with Gasteiger partial charge in [-0.15, -0.1) is 0 Å². The molecule has 3 aromatic rings. The third kappa shape index (κ3) is 4.60. The summed E-state index contributed by atoms with van der Waals surface area (Å²) in [4.78, 5) is 23.7. The average molecular weight is 408 g/mol. The molecule has 4 rings (SSSR count). The van der Waals surface area contributed by atoms with Gasteiger partial charge in [0.05, 0.1) is 0 Å². The summed E-state index contributed by atoms with van der Waals surface area (Å²) in [5.41, 5.74) is 2.71. The highest BCUT2D eigenvalue weighted by atomic mass is 32.2. The number of rotatable bonds is 5. The van der Waals surface area contributed by atoms with Gasteiger partial charge in [-0.1, -0.05) is 6.07 Å². The third-order valence-corrected chi connectivity index (χ3v) is 5.28. The van der Waals surface area contributed by atoms with Crippen molar-refractivity contribution in [2.75, 3.05) is 19.2 Å². The van der Waals surface area contributed by atoms with Crippen molar-refractivity contribution in [2.45, 2.75) is 23.5 Å². The molecule has 1 N–H and O–H groups in total. The molecule has 0 spiro atoms. The van der Waals surface area contributed by atoms with E-state index < -0.39 is 0 Å². The first-order chi connectivity index (χ1) is 14.1. The van der Waals surface area contributed by atoms with Gasteiger partial charge in [0.25, 0.3) is 0 Å². The first kappa shape index (κ1) is 19.1. The lowest BCUT2D eigenvalue weighted by molar-refractivity contribution is 0.174. The Bertz CT molecular complexity index is 1030. The topological polar surface area (TPSA) is 76.6 Å². The molecule has 0 saturated heterocycles. The molecule has 1 aromatic heterocycles. The van der Waals surface area contributed by atoms with Gasteiger partial charge in [0.1, 0.15) is 0 Å². The number of fused-ring (bicyclic) bond motifs is 1. The molecule has 0 aliphatic carbocycles. The number of nitrogens with zero attached hydrogens (tertiary/aromatic N) is 3. The van der Waals surface area contributed by atoms with E-state index in [-0.39, 0.29) is 12.8 Å². The van der Waals surface area contributed by atoms with Crippen LogP contribution in [-0.4, -0.2) is 34.7 Å². The second kappa shape index (κ2) is 8.40. The highest BCUT2D eigenvalue weighted by molar-refractivity contribution is 7.99. The Morgan fingerprint density at radius 2 is 1.93 bits per heavy atom. The summed E-state index contributed by atoms with van der Waals surface area (Å²) < 4.78 is 10.7. The molecule has 1 aliphatic rings. The maximum atomic E-state index is 12.6. The number of carbonyl (C=O) groups excluding carboxylic acids is 1. The Balaban J connectivity index is 1.38. The van der Waals surface area contributed by atoms with E-state index in [0.717, 1.165) is 27.5 Å². The minimum atomic E-state index is -0.183. The molecule has 2 amide bonds. The first-order valence-electron chi connectivity index (χ1n) is 9.04. The molecule has 2 heterocycles. The van der Waals surface area contributed by atoms with Crippen molar-refractivity contribution in [3.8, 4) is 11.5 Å². The van der Waals surface area contributed by atoms with E-state index in [1.807, 2.05) is 43.3 Å². The summed E-state index contributed by atoms with van der Waals surface area (Å²) in [5, 5.41) is 3.65. The van der Waals surface area contributed by atoms with Crippen LogP contribution in [0.3, 0.4) is 0 Å². The number of hydrogen-bond acceptors (Lipinski definition) is 6. The van der Waals surface area contributed by atoms with E-state index in [2.05, 4.69) is 15.3 Å². The molecule has 0 fully saturated rings. The van der Waals surface area contributed by atoms with Gasteiger partial charge in [-0.05, 0) is 66.2 Å². The number of amides is 2.